The third-order valence-electron chi connectivity index (χ3n) is 10.8. The second-order valence-electron chi connectivity index (χ2n) is 16.2. The van der Waals surface area contributed by atoms with Crippen LogP contribution in [-0.4, -0.2) is 65.8 Å². The van der Waals surface area contributed by atoms with Crippen molar-refractivity contribution in [3.05, 3.63) is 11.6 Å². The zero-order chi connectivity index (χ0) is 36.4. The number of nitrogens with two attached hydrogens (primary N) is 3. The molecule has 0 amide bonds. The number of carbonyl (C=O) groups is 4. The van der Waals surface area contributed by atoms with Crippen molar-refractivity contribution in [3.8, 4) is 0 Å². The van der Waals surface area contributed by atoms with Gasteiger partial charge in [-0.15, -0.1) is 0 Å². The first-order chi connectivity index (χ1) is 23.0. The molecule has 11 nitrogen and oxygen atoms in total. The van der Waals surface area contributed by atoms with E-state index < -0.39 is 58.4 Å². The number of cyclic esters (lactones) is 4. The lowest BCUT2D eigenvalue weighted by molar-refractivity contribution is -0.155. The summed E-state index contributed by atoms with van der Waals surface area (Å²) < 4.78 is 15.5. The maximum absolute atomic E-state index is 11.6. The molecule has 2 aliphatic heterocycles. The third-order valence-corrected chi connectivity index (χ3v) is 17.7. The quantitative estimate of drug-likeness (QED) is 0.0970. The van der Waals surface area contributed by atoms with Crippen molar-refractivity contribution in [1.82, 2.24) is 4.98 Å². The number of esters is 4. The van der Waals surface area contributed by atoms with Crippen molar-refractivity contribution in [3.63, 3.8) is 0 Å². The van der Waals surface area contributed by atoms with Gasteiger partial charge >= 0.3 is 23.9 Å². The molecule has 0 bridgehead atoms. The van der Waals surface area contributed by atoms with Crippen LogP contribution in [0.1, 0.15) is 97.3 Å². The number of hydrogen-bond donors (Lipinski definition) is 4. The number of hydrogen-bond acceptors (Lipinski definition) is 11. The summed E-state index contributed by atoms with van der Waals surface area (Å²) in [5, 5.41) is 0. The van der Waals surface area contributed by atoms with Crippen molar-refractivity contribution >= 4 is 40.7 Å². The van der Waals surface area contributed by atoms with Crippen molar-refractivity contribution in [2.75, 3.05) is 13.1 Å². The Labute approximate surface area is 296 Å². The molecular weight excluding hydrogens is 657 g/mol. The fourth-order valence-corrected chi connectivity index (χ4v) is 16.4. The highest BCUT2D eigenvalue weighted by Gasteiger charge is 2.51. The summed E-state index contributed by atoms with van der Waals surface area (Å²) >= 11 is 0. The summed E-state index contributed by atoms with van der Waals surface area (Å²) in [6.45, 7) is 14.9. The molecule has 5 rings (SSSR count). The van der Waals surface area contributed by atoms with Gasteiger partial charge in [0.05, 0.1) is 24.2 Å². The zero-order valence-corrected chi connectivity index (χ0v) is 33.1. The minimum atomic E-state index is -1.64. The maximum atomic E-state index is 11.6. The van der Waals surface area contributed by atoms with E-state index >= 15 is 0 Å². The molecule has 2 saturated heterocycles. The van der Waals surface area contributed by atoms with Crippen LogP contribution in [0.4, 0.5) is 0 Å². The van der Waals surface area contributed by atoms with Gasteiger partial charge in [-0.2, -0.15) is 0 Å². The number of nitrogens with one attached hydrogen (secondary N) is 1. The van der Waals surface area contributed by atoms with E-state index in [4.69, 9.17) is 21.3 Å². The Morgan fingerprint density at radius 2 is 1.39 bits per heavy atom. The van der Waals surface area contributed by atoms with E-state index in [1.807, 2.05) is 0 Å². The maximum Gasteiger partial charge on any atom is 0.321 e. The predicted molar refractivity (Wildman–Crippen MR) is 196 cm³/mol. The van der Waals surface area contributed by atoms with Gasteiger partial charge < -0.3 is 35.8 Å². The highest BCUT2D eigenvalue weighted by atomic mass is 28.4. The largest absolute Gasteiger partial charge is 0.445 e. The van der Waals surface area contributed by atoms with Crippen molar-refractivity contribution in [1.29, 1.82) is 0 Å². The second kappa shape index (κ2) is 19.2. The molecule has 0 aromatic carbocycles. The van der Waals surface area contributed by atoms with Crippen LogP contribution in [0, 0.1) is 35.5 Å². The first-order valence-corrected chi connectivity index (χ1v) is 24.9. The van der Waals surface area contributed by atoms with Gasteiger partial charge in [-0.25, -0.2) is 0 Å². The number of ether oxygens (including phenoxy) is 2. The standard InChI is InChI=1S/C13H26N2.C13H12O6.C10H28N2OSi2/c14-12-5-1-10(2-6-12)9-11-3-7-13(15)8-4-11;1-5-2-6(7-4-9(14)18-11(7)15)3-8-10(5)13(17)19-12(8)16;1-6-9-12-15(4,5)13-14(2,3)10-7-8-11/h10-13H,1-9,14-15H2;2,6-8,10H,3-4H2,1H3;12H,6-11H2,1-5H3. The molecule has 49 heavy (non-hydrogen) atoms. The number of fused-ring (bicyclic) bond motifs is 1. The Bertz CT molecular complexity index is 1110. The molecule has 5 aliphatic rings. The average Bonchev–Trinajstić information content (AvgIpc) is 3.53. The molecule has 0 aromatic rings. The van der Waals surface area contributed by atoms with Gasteiger partial charge in [0.1, 0.15) is 0 Å². The monoisotopic (exact) mass is 722 g/mol. The van der Waals surface area contributed by atoms with Gasteiger partial charge in [-0.3, -0.25) is 19.2 Å². The van der Waals surface area contributed by atoms with Gasteiger partial charge in [0.15, 0.2) is 8.32 Å². The van der Waals surface area contributed by atoms with Gasteiger partial charge in [0, 0.05) is 12.1 Å². The van der Waals surface area contributed by atoms with E-state index in [1.54, 1.807) is 13.0 Å². The Hall–Kier alpha value is -1.75. The lowest BCUT2D eigenvalue weighted by atomic mass is 9.72. The average molecular weight is 723 g/mol. The summed E-state index contributed by atoms with van der Waals surface area (Å²) in [7, 11) is -3.13. The van der Waals surface area contributed by atoms with Crippen LogP contribution in [0.15, 0.2) is 11.6 Å². The van der Waals surface area contributed by atoms with Crippen molar-refractivity contribution in [2.24, 2.45) is 52.7 Å². The summed E-state index contributed by atoms with van der Waals surface area (Å²) in [5.74, 6) is -2.05. The Morgan fingerprint density at radius 3 is 1.88 bits per heavy atom. The van der Waals surface area contributed by atoms with E-state index in [9.17, 15) is 19.2 Å². The van der Waals surface area contributed by atoms with Crippen LogP contribution in [0.3, 0.4) is 0 Å². The predicted octanol–water partition coefficient (Wildman–Crippen LogP) is 5.03. The fraction of sp³-hybridized carbons (Fsp3) is 0.833. The number of allylic oxidation sites excluding steroid dienone is 1. The van der Waals surface area contributed by atoms with Crippen molar-refractivity contribution < 1.29 is 32.8 Å². The smallest absolute Gasteiger partial charge is 0.321 e. The first kappa shape index (κ1) is 41.7. The molecule has 280 valence electrons. The molecule has 2 heterocycles. The summed E-state index contributed by atoms with van der Waals surface area (Å²) in [6, 6.07) is 2.18. The molecule has 7 N–H and O–H groups in total. The Kier molecular flexibility index (Phi) is 16.3. The van der Waals surface area contributed by atoms with Crippen LogP contribution in [0.25, 0.3) is 0 Å². The topological polar surface area (TPSA) is 186 Å². The highest BCUT2D eigenvalue weighted by Crippen LogP contribution is 2.43. The van der Waals surface area contributed by atoms with Crippen molar-refractivity contribution in [2.45, 2.75) is 142 Å². The molecule has 13 heteroatoms. The lowest BCUT2D eigenvalue weighted by Gasteiger charge is -2.34. The van der Waals surface area contributed by atoms with Crippen LogP contribution in [0.2, 0.25) is 32.2 Å². The minimum absolute atomic E-state index is 0.0354. The molecule has 0 aromatic heterocycles. The van der Waals surface area contributed by atoms with Gasteiger partial charge in [0.25, 0.3) is 8.48 Å². The number of rotatable bonds is 11. The van der Waals surface area contributed by atoms with Crippen LogP contribution in [-0.2, 0) is 32.8 Å². The SMILES string of the molecule is CC1=CC(C2CC(=O)OC2=O)CC2C(=O)OC(=O)C12.CCCN[Si](C)(C)O[Si](C)(C)CCCN.NC1CCC(CC2CCC(N)CC2)CC1. The van der Waals surface area contributed by atoms with E-state index in [-0.39, 0.29) is 12.3 Å². The molecule has 2 saturated carbocycles. The molecule has 0 radical (unpaired) electrons. The first-order valence-electron chi connectivity index (χ1n) is 18.9. The molecule has 4 unspecified atom stereocenters. The number of carbonyl (C=O) groups excluding carboxylic acids is 4. The molecule has 4 atom stereocenters. The molecule has 4 fully saturated rings. The third kappa shape index (κ3) is 13.4. The van der Waals surface area contributed by atoms with Crippen LogP contribution in [0.5, 0.6) is 0 Å². The molecule has 0 spiro atoms. The van der Waals surface area contributed by atoms with Crippen LogP contribution >= 0.6 is 0 Å². The summed E-state index contributed by atoms with van der Waals surface area (Å²) in [4.78, 5) is 49.4. The van der Waals surface area contributed by atoms with Gasteiger partial charge in [-0.05, 0) is 147 Å². The van der Waals surface area contributed by atoms with Gasteiger partial charge in [-0.1, -0.05) is 18.6 Å². The normalized spacial score (nSPS) is 31.8. The molecule has 3 aliphatic carbocycles. The van der Waals surface area contributed by atoms with E-state index in [0.717, 1.165) is 36.9 Å². The molecular formula is C36H66N4O7Si2. The summed E-state index contributed by atoms with van der Waals surface area (Å²) in [6.07, 6.45) is 16.5. The Morgan fingerprint density at radius 1 is 0.837 bits per heavy atom. The lowest BCUT2D eigenvalue weighted by Crippen LogP contribution is -2.54. The van der Waals surface area contributed by atoms with Gasteiger partial charge in [0.2, 0.25) is 0 Å². The van der Waals surface area contributed by atoms with Crippen LogP contribution < -0.4 is 22.2 Å². The van der Waals surface area contributed by atoms with E-state index in [1.165, 1.54) is 70.3 Å². The Balaban J connectivity index is 0.000000202. The summed E-state index contributed by atoms with van der Waals surface area (Å²) in [5.41, 5.74) is 18.1. The fourth-order valence-electron chi connectivity index (χ4n) is 8.23. The van der Waals surface area contributed by atoms with E-state index in [2.05, 4.69) is 47.6 Å². The second-order valence-corrected chi connectivity index (χ2v) is 24.4. The van der Waals surface area contributed by atoms with E-state index in [0.29, 0.717) is 18.5 Å². The highest BCUT2D eigenvalue weighted by molar-refractivity contribution is 6.83. The zero-order valence-electron chi connectivity index (χ0n) is 31.1. The minimum Gasteiger partial charge on any atom is -0.445 e.